The fourth-order valence-corrected chi connectivity index (χ4v) is 3.11. The molecule has 0 atom stereocenters. The van der Waals surface area contributed by atoms with Crippen molar-refractivity contribution in [2.45, 2.75) is 6.54 Å². The smallest absolute Gasteiger partial charge is 0.289 e. The van der Waals surface area contributed by atoms with Crippen molar-refractivity contribution in [2.24, 2.45) is 0 Å². The Balaban J connectivity index is 1.35. The quantitative estimate of drug-likeness (QED) is 0.729. The average molecular weight is 380 g/mol. The van der Waals surface area contributed by atoms with Gasteiger partial charge in [0.2, 0.25) is 0 Å². The molecule has 0 aliphatic carbocycles. The van der Waals surface area contributed by atoms with E-state index in [0.717, 1.165) is 5.82 Å². The van der Waals surface area contributed by atoms with Crippen LogP contribution in [0.1, 0.15) is 26.7 Å². The zero-order chi connectivity index (χ0) is 19.3. The Morgan fingerprint density at radius 3 is 2.54 bits per heavy atom. The van der Waals surface area contributed by atoms with Crippen molar-refractivity contribution in [3.63, 3.8) is 0 Å². The number of amides is 2. The molecule has 0 saturated carbocycles. The fraction of sp³-hybridized carbons (Fsp3) is 0.250. The highest BCUT2D eigenvalue weighted by Gasteiger charge is 2.24. The lowest BCUT2D eigenvalue weighted by Crippen LogP contribution is -2.49. The molecule has 28 heavy (non-hydrogen) atoms. The normalized spacial score (nSPS) is 14.1. The third-order valence-corrected chi connectivity index (χ3v) is 4.63. The van der Waals surface area contributed by atoms with Crippen LogP contribution in [0.15, 0.2) is 64.0 Å². The van der Waals surface area contributed by atoms with Crippen molar-refractivity contribution in [1.82, 2.24) is 15.2 Å². The second-order valence-corrected chi connectivity index (χ2v) is 6.42. The molecule has 8 nitrogen and oxygen atoms in total. The molecule has 1 N–H and O–H groups in total. The number of piperazine rings is 1. The summed E-state index contributed by atoms with van der Waals surface area (Å²) in [5, 5.41) is 2.83. The van der Waals surface area contributed by atoms with Crippen LogP contribution < -0.4 is 10.2 Å². The number of hydrogen-bond donors (Lipinski definition) is 1. The molecule has 0 bridgehead atoms. The fourth-order valence-electron chi connectivity index (χ4n) is 3.11. The predicted molar refractivity (Wildman–Crippen MR) is 101 cm³/mol. The van der Waals surface area contributed by atoms with Crippen LogP contribution in [0.25, 0.3) is 0 Å². The molecule has 4 heterocycles. The number of pyridine rings is 1. The molecule has 1 aliphatic rings. The van der Waals surface area contributed by atoms with Crippen molar-refractivity contribution in [2.75, 3.05) is 31.1 Å². The number of hydrogen-bond acceptors (Lipinski definition) is 6. The minimum Gasteiger partial charge on any atom is -0.467 e. The lowest BCUT2D eigenvalue weighted by molar-refractivity contribution is 0.0714. The molecule has 0 aromatic carbocycles. The summed E-state index contributed by atoms with van der Waals surface area (Å²) in [5.41, 5.74) is 0.533. The van der Waals surface area contributed by atoms with E-state index in [1.807, 2.05) is 6.07 Å². The van der Waals surface area contributed by atoms with Gasteiger partial charge in [0, 0.05) is 37.9 Å². The third kappa shape index (κ3) is 3.90. The minimum absolute atomic E-state index is 0.108. The average Bonchev–Trinajstić information content (AvgIpc) is 3.46. The molecule has 4 rings (SSSR count). The van der Waals surface area contributed by atoms with Crippen LogP contribution in [0.2, 0.25) is 0 Å². The maximum atomic E-state index is 12.4. The summed E-state index contributed by atoms with van der Waals surface area (Å²) in [6.07, 6.45) is 4.69. The number of carbonyl (C=O) groups is 2. The number of nitrogens with one attached hydrogen (secondary N) is 1. The van der Waals surface area contributed by atoms with Gasteiger partial charge in [-0.3, -0.25) is 9.59 Å². The predicted octanol–water partition coefficient (Wildman–Crippen LogP) is 2.16. The van der Waals surface area contributed by atoms with E-state index in [0.29, 0.717) is 49.8 Å². The Hall–Kier alpha value is -3.55. The second-order valence-electron chi connectivity index (χ2n) is 6.42. The van der Waals surface area contributed by atoms with Crippen molar-refractivity contribution >= 4 is 17.6 Å². The lowest BCUT2D eigenvalue weighted by Gasteiger charge is -2.35. The van der Waals surface area contributed by atoms with Gasteiger partial charge in [0.15, 0.2) is 5.76 Å². The molecule has 2 amide bonds. The van der Waals surface area contributed by atoms with Gasteiger partial charge >= 0.3 is 0 Å². The molecule has 3 aromatic heterocycles. The van der Waals surface area contributed by atoms with Crippen LogP contribution in [0.4, 0.5) is 5.82 Å². The van der Waals surface area contributed by atoms with E-state index < -0.39 is 0 Å². The first-order valence-corrected chi connectivity index (χ1v) is 9.05. The van der Waals surface area contributed by atoms with Gasteiger partial charge in [0.25, 0.3) is 11.8 Å². The van der Waals surface area contributed by atoms with E-state index in [-0.39, 0.29) is 11.8 Å². The van der Waals surface area contributed by atoms with Crippen LogP contribution in [-0.4, -0.2) is 47.9 Å². The molecular weight excluding hydrogens is 360 g/mol. The van der Waals surface area contributed by atoms with Crippen molar-refractivity contribution in [1.29, 1.82) is 0 Å². The van der Waals surface area contributed by atoms with Gasteiger partial charge in [0.1, 0.15) is 11.6 Å². The molecule has 0 radical (unpaired) electrons. The summed E-state index contributed by atoms with van der Waals surface area (Å²) < 4.78 is 10.4. The molecule has 8 heteroatoms. The summed E-state index contributed by atoms with van der Waals surface area (Å²) in [7, 11) is 0. The van der Waals surface area contributed by atoms with E-state index in [1.165, 1.54) is 6.26 Å². The Morgan fingerprint density at radius 2 is 1.82 bits per heavy atom. The maximum Gasteiger partial charge on any atom is 0.289 e. The largest absolute Gasteiger partial charge is 0.467 e. The van der Waals surface area contributed by atoms with E-state index in [2.05, 4.69) is 15.2 Å². The van der Waals surface area contributed by atoms with Gasteiger partial charge in [-0.15, -0.1) is 0 Å². The monoisotopic (exact) mass is 380 g/mol. The van der Waals surface area contributed by atoms with Crippen LogP contribution >= 0.6 is 0 Å². The van der Waals surface area contributed by atoms with Crippen LogP contribution in [0.5, 0.6) is 0 Å². The summed E-state index contributed by atoms with van der Waals surface area (Å²) in [4.78, 5) is 32.9. The van der Waals surface area contributed by atoms with Crippen LogP contribution in [-0.2, 0) is 6.54 Å². The van der Waals surface area contributed by atoms with E-state index in [9.17, 15) is 9.59 Å². The molecule has 1 aliphatic heterocycles. The summed E-state index contributed by atoms with van der Waals surface area (Å²) in [6, 6.07) is 10.4. The number of aromatic nitrogens is 1. The first kappa shape index (κ1) is 17.8. The third-order valence-electron chi connectivity index (χ3n) is 4.63. The molecular formula is C20H20N4O4. The van der Waals surface area contributed by atoms with Crippen LogP contribution in [0.3, 0.4) is 0 Å². The molecule has 144 valence electrons. The second kappa shape index (κ2) is 7.99. The summed E-state index contributed by atoms with van der Waals surface area (Å²) in [6.45, 7) is 2.73. The zero-order valence-electron chi connectivity index (χ0n) is 15.2. The van der Waals surface area contributed by atoms with E-state index in [1.54, 1.807) is 47.7 Å². The minimum atomic E-state index is -0.188. The lowest BCUT2D eigenvalue weighted by atomic mass is 10.2. The topological polar surface area (TPSA) is 91.8 Å². The van der Waals surface area contributed by atoms with Gasteiger partial charge in [0.05, 0.1) is 19.1 Å². The number of carbonyl (C=O) groups excluding carboxylic acids is 2. The Morgan fingerprint density at radius 1 is 1.04 bits per heavy atom. The first-order chi connectivity index (χ1) is 13.7. The van der Waals surface area contributed by atoms with E-state index in [4.69, 9.17) is 8.83 Å². The van der Waals surface area contributed by atoms with Crippen molar-refractivity contribution in [3.8, 4) is 0 Å². The maximum absolute atomic E-state index is 12.4. The Kier molecular flexibility index (Phi) is 5.09. The molecule has 0 spiro atoms. The van der Waals surface area contributed by atoms with Crippen LogP contribution in [0, 0.1) is 0 Å². The highest BCUT2D eigenvalue weighted by molar-refractivity contribution is 5.94. The van der Waals surface area contributed by atoms with Crippen molar-refractivity contribution < 1.29 is 18.4 Å². The molecule has 1 fully saturated rings. The standard InChI is InChI=1S/C20H20N4O4/c25-19(22-14-16-3-1-11-27-16)15-5-6-21-18(13-15)23-7-9-24(10-8-23)20(26)17-4-2-12-28-17/h1-6,11-13H,7-10,14H2,(H,22,25). The Labute approximate surface area is 161 Å². The SMILES string of the molecule is O=C(NCc1ccco1)c1ccnc(N2CCN(C(=O)c3ccco3)CC2)c1. The van der Waals surface area contributed by atoms with E-state index >= 15 is 0 Å². The van der Waals surface area contributed by atoms with Gasteiger partial charge in [-0.1, -0.05) is 0 Å². The zero-order valence-corrected chi connectivity index (χ0v) is 15.2. The number of furan rings is 2. The number of anilines is 1. The van der Waals surface area contributed by atoms with Gasteiger partial charge in [-0.05, 0) is 36.4 Å². The summed E-state index contributed by atoms with van der Waals surface area (Å²) in [5.74, 6) is 1.47. The molecule has 1 saturated heterocycles. The highest BCUT2D eigenvalue weighted by atomic mass is 16.3. The van der Waals surface area contributed by atoms with Gasteiger partial charge < -0.3 is 24.0 Å². The molecule has 0 unspecified atom stereocenters. The van der Waals surface area contributed by atoms with Gasteiger partial charge in [-0.2, -0.15) is 0 Å². The van der Waals surface area contributed by atoms with Gasteiger partial charge in [-0.25, -0.2) is 4.98 Å². The number of nitrogens with zero attached hydrogens (tertiary/aromatic N) is 3. The Bertz CT molecular complexity index is 929. The number of rotatable bonds is 5. The summed E-state index contributed by atoms with van der Waals surface area (Å²) >= 11 is 0. The first-order valence-electron chi connectivity index (χ1n) is 9.05. The highest BCUT2D eigenvalue weighted by Crippen LogP contribution is 2.17. The molecule has 3 aromatic rings. The van der Waals surface area contributed by atoms with Crippen molar-refractivity contribution in [3.05, 3.63) is 72.2 Å².